The first-order chi connectivity index (χ1) is 10.8. The van der Waals surface area contributed by atoms with Gasteiger partial charge in [0.2, 0.25) is 12.7 Å². The minimum atomic E-state index is 0.199. The number of aromatic nitrogens is 3. The molecular weight excluding hydrogens is 284 g/mol. The number of hydrogen-bond acceptors (Lipinski definition) is 5. The Bertz CT molecular complexity index is 713. The average molecular weight is 300 g/mol. The molecule has 2 aliphatic heterocycles. The van der Waals surface area contributed by atoms with E-state index in [4.69, 9.17) is 9.47 Å². The van der Waals surface area contributed by atoms with E-state index in [1.807, 2.05) is 29.3 Å². The van der Waals surface area contributed by atoms with Crippen molar-refractivity contribution in [3.63, 3.8) is 0 Å². The van der Waals surface area contributed by atoms with E-state index in [2.05, 4.69) is 10.3 Å². The van der Waals surface area contributed by atoms with E-state index in [-0.39, 0.29) is 12.7 Å². The number of carbonyl (C=O) groups excluding carboxylic acids is 1. The maximum atomic E-state index is 11.6. The topological polar surface area (TPSA) is 69.5 Å². The second-order valence-electron chi connectivity index (χ2n) is 5.51. The van der Waals surface area contributed by atoms with Crippen LogP contribution in [0, 0.1) is 0 Å². The first kappa shape index (κ1) is 13.1. The van der Waals surface area contributed by atoms with Crippen LogP contribution >= 0.6 is 0 Å². The molecule has 0 atom stereocenters. The van der Waals surface area contributed by atoms with Crippen LogP contribution in [-0.4, -0.2) is 39.1 Å². The zero-order chi connectivity index (χ0) is 14.9. The second-order valence-corrected chi connectivity index (χ2v) is 5.51. The number of ether oxygens (including phenoxy) is 2. The number of benzene rings is 1. The predicted octanol–water partition coefficient (Wildman–Crippen LogP) is 1.18. The monoisotopic (exact) mass is 300 g/mol. The molecule has 0 N–H and O–H groups in total. The molecule has 2 aliphatic rings. The van der Waals surface area contributed by atoms with Crippen molar-refractivity contribution < 1.29 is 14.3 Å². The van der Waals surface area contributed by atoms with Crippen LogP contribution in [0.1, 0.15) is 24.1 Å². The van der Waals surface area contributed by atoms with Crippen molar-refractivity contribution >= 4 is 5.91 Å². The summed E-state index contributed by atoms with van der Waals surface area (Å²) in [6.45, 7) is 2.24. The molecule has 1 amide bonds. The fourth-order valence-electron chi connectivity index (χ4n) is 2.78. The Morgan fingerprint density at radius 2 is 2.09 bits per heavy atom. The number of nitrogens with zero attached hydrogens (tertiary/aromatic N) is 4. The molecule has 1 fully saturated rings. The summed E-state index contributed by atoms with van der Waals surface area (Å²) in [5.41, 5.74) is 1.88. The molecule has 3 heterocycles. The Kier molecular flexibility index (Phi) is 3.17. The smallest absolute Gasteiger partial charge is 0.231 e. The van der Waals surface area contributed by atoms with Crippen LogP contribution in [0.5, 0.6) is 11.5 Å². The van der Waals surface area contributed by atoms with Gasteiger partial charge in [-0.1, -0.05) is 11.3 Å². The fraction of sp³-hybridized carbons (Fsp3) is 0.400. The zero-order valence-corrected chi connectivity index (χ0v) is 12.1. The largest absolute Gasteiger partial charge is 0.454 e. The van der Waals surface area contributed by atoms with Crippen LogP contribution in [0.4, 0.5) is 0 Å². The van der Waals surface area contributed by atoms with Gasteiger partial charge in [0.15, 0.2) is 11.5 Å². The maximum absolute atomic E-state index is 11.6. The SMILES string of the molecule is O=C1CCCN1Cc1cn(Cc2ccc3c(c2)OCO3)nn1. The Morgan fingerprint density at radius 3 is 2.95 bits per heavy atom. The third kappa shape index (κ3) is 2.49. The van der Waals surface area contributed by atoms with Gasteiger partial charge in [-0.15, -0.1) is 5.10 Å². The quantitative estimate of drug-likeness (QED) is 0.848. The summed E-state index contributed by atoms with van der Waals surface area (Å²) in [5.74, 6) is 1.74. The number of fused-ring (bicyclic) bond motifs is 1. The summed E-state index contributed by atoms with van der Waals surface area (Å²) >= 11 is 0. The van der Waals surface area contributed by atoms with Gasteiger partial charge < -0.3 is 14.4 Å². The van der Waals surface area contributed by atoms with Crippen LogP contribution in [0.3, 0.4) is 0 Å². The summed E-state index contributed by atoms with van der Waals surface area (Å²) in [6, 6.07) is 5.84. The first-order valence-corrected chi connectivity index (χ1v) is 7.33. The molecule has 4 rings (SSSR count). The van der Waals surface area contributed by atoms with E-state index in [0.29, 0.717) is 19.5 Å². The molecule has 0 bridgehead atoms. The van der Waals surface area contributed by atoms with Crippen LogP contribution in [-0.2, 0) is 17.9 Å². The fourth-order valence-corrected chi connectivity index (χ4v) is 2.78. The Hall–Kier alpha value is -2.57. The molecule has 7 nitrogen and oxygen atoms in total. The molecule has 0 radical (unpaired) electrons. The summed E-state index contributed by atoms with van der Waals surface area (Å²) in [6.07, 6.45) is 3.46. The standard InChI is InChI=1S/C15H16N4O3/c20-15-2-1-5-18(15)8-12-9-19(17-16-12)7-11-3-4-13-14(6-11)22-10-21-13/h3-4,6,9H,1-2,5,7-8,10H2. The lowest BCUT2D eigenvalue weighted by Gasteiger charge is -2.12. The Labute approximate surface area is 127 Å². The number of carbonyl (C=O) groups is 1. The van der Waals surface area contributed by atoms with Crippen LogP contribution in [0.25, 0.3) is 0 Å². The number of amides is 1. The van der Waals surface area contributed by atoms with Crippen molar-refractivity contribution in [3.8, 4) is 11.5 Å². The van der Waals surface area contributed by atoms with E-state index in [9.17, 15) is 4.79 Å². The lowest BCUT2D eigenvalue weighted by Crippen LogP contribution is -2.23. The molecule has 114 valence electrons. The summed E-state index contributed by atoms with van der Waals surface area (Å²) in [4.78, 5) is 13.5. The zero-order valence-electron chi connectivity index (χ0n) is 12.1. The molecule has 1 aromatic heterocycles. The highest BCUT2D eigenvalue weighted by Gasteiger charge is 2.21. The average Bonchev–Trinajstić information content (AvgIpc) is 3.22. The Balaban J connectivity index is 1.44. The van der Waals surface area contributed by atoms with Crippen molar-refractivity contribution in [1.29, 1.82) is 0 Å². The van der Waals surface area contributed by atoms with Crippen LogP contribution < -0.4 is 9.47 Å². The van der Waals surface area contributed by atoms with E-state index in [0.717, 1.165) is 35.7 Å². The van der Waals surface area contributed by atoms with Gasteiger partial charge in [-0.05, 0) is 24.1 Å². The third-order valence-electron chi connectivity index (χ3n) is 3.89. The van der Waals surface area contributed by atoms with E-state index < -0.39 is 0 Å². The molecule has 7 heteroatoms. The first-order valence-electron chi connectivity index (χ1n) is 7.33. The molecule has 0 unspecified atom stereocenters. The van der Waals surface area contributed by atoms with E-state index in [1.54, 1.807) is 4.68 Å². The van der Waals surface area contributed by atoms with Crippen molar-refractivity contribution in [2.75, 3.05) is 13.3 Å². The highest BCUT2D eigenvalue weighted by atomic mass is 16.7. The summed E-state index contributed by atoms with van der Waals surface area (Å²) in [5, 5.41) is 8.27. The molecule has 1 aromatic carbocycles. The normalized spacial score (nSPS) is 16.5. The Morgan fingerprint density at radius 1 is 1.18 bits per heavy atom. The van der Waals surface area contributed by atoms with Gasteiger partial charge in [0, 0.05) is 13.0 Å². The van der Waals surface area contributed by atoms with Gasteiger partial charge in [0.1, 0.15) is 5.69 Å². The molecule has 2 aromatic rings. The molecule has 0 aliphatic carbocycles. The highest BCUT2D eigenvalue weighted by molar-refractivity contribution is 5.77. The van der Waals surface area contributed by atoms with Crippen LogP contribution in [0.15, 0.2) is 24.4 Å². The van der Waals surface area contributed by atoms with Crippen molar-refractivity contribution in [3.05, 3.63) is 35.7 Å². The molecule has 1 saturated heterocycles. The minimum absolute atomic E-state index is 0.199. The van der Waals surface area contributed by atoms with Gasteiger partial charge in [-0.25, -0.2) is 4.68 Å². The third-order valence-corrected chi connectivity index (χ3v) is 3.89. The predicted molar refractivity (Wildman–Crippen MR) is 76.3 cm³/mol. The van der Waals surface area contributed by atoms with E-state index >= 15 is 0 Å². The van der Waals surface area contributed by atoms with Gasteiger partial charge in [0.05, 0.1) is 19.3 Å². The van der Waals surface area contributed by atoms with E-state index in [1.165, 1.54) is 0 Å². The maximum Gasteiger partial charge on any atom is 0.231 e. The molecular formula is C15H16N4O3. The van der Waals surface area contributed by atoms with Crippen molar-refractivity contribution in [2.45, 2.75) is 25.9 Å². The number of likely N-dealkylation sites (tertiary alicyclic amines) is 1. The molecule has 22 heavy (non-hydrogen) atoms. The minimum Gasteiger partial charge on any atom is -0.454 e. The lowest BCUT2D eigenvalue weighted by atomic mass is 10.2. The summed E-state index contributed by atoms with van der Waals surface area (Å²) < 4.78 is 12.4. The van der Waals surface area contributed by atoms with Crippen molar-refractivity contribution in [1.82, 2.24) is 19.9 Å². The molecule has 0 saturated carbocycles. The van der Waals surface area contributed by atoms with Gasteiger partial charge in [-0.3, -0.25) is 4.79 Å². The van der Waals surface area contributed by atoms with Gasteiger partial charge >= 0.3 is 0 Å². The lowest BCUT2D eigenvalue weighted by molar-refractivity contribution is -0.128. The molecule has 0 spiro atoms. The van der Waals surface area contributed by atoms with Gasteiger partial charge in [0.25, 0.3) is 0 Å². The van der Waals surface area contributed by atoms with Crippen LogP contribution in [0.2, 0.25) is 0 Å². The van der Waals surface area contributed by atoms with Crippen molar-refractivity contribution in [2.24, 2.45) is 0 Å². The van der Waals surface area contributed by atoms with Gasteiger partial charge in [-0.2, -0.15) is 0 Å². The number of hydrogen-bond donors (Lipinski definition) is 0. The highest BCUT2D eigenvalue weighted by Crippen LogP contribution is 2.32. The second kappa shape index (κ2) is 5.32. The summed E-state index contributed by atoms with van der Waals surface area (Å²) in [7, 11) is 0. The number of rotatable bonds is 4.